The van der Waals surface area contributed by atoms with Gasteiger partial charge in [-0.1, -0.05) is 228 Å². The number of aliphatic hydroxyl groups is 1. The minimum absolute atomic E-state index is 0.0767. The van der Waals surface area contributed by atoms with Crippen molar-refractivity contribution in [2.75, 3.05) is 39.6 Å². The molecule has 0 saturated heterocycles. The molecule has 0 radical (unpaired) electrons. The highest BCUT2D eigenvalue weighted by Crippen LogP contribution is 2.45. The lowest BCUT2D eigenvalue weighted by molar-refractivity contribution is -0.161. The Morgan fingerprint density at radius 2 is 0.576 bits per heavy atom. The molecule has 3 N–H and O–H groups in total. The van der Waals surface area contributed by atoms with E-state index in [2.05, 4.69) is 113 Å². The summed E-state index contributed by atoms with van der Waals surface area (Å²) in [7, 11) is -9.95. The molecular weight excluding hydrogens is 1210 g/mol. The lowest BCUT2D eigenvalue weighted by Crippen LogP contribution is -2.30. The normalized spacial score (nSPS) is 14.6. The van der Waals surface area contributed by atoms with E-state index >= 15 is 0 Å². The van der Waals surface area contributed by atoms with Gasteiger partial charge in [-0.3, -0.25) is 37.3 Å². The zero-order chi connectivity index (χ0) is 67.5. The number of ether oxygens (including phenoxy) is 4. The minimum atomic E-state index is -4.98. The summed E-state index contributed by atoms with van der Waals surface area (Å²) >= 11 is 0. The average Bonchev–Trinajstić information content (AvgIpc) is 2.93. The standard InChI is InChI=1S/C73H128O17P2/c1-5-9-13-17-21-25-29-31-33-35-39-42-46-50-54-58-71(76)84-64-69(90-73(78)60-56-52-48-44-40-36-34-32-30-26-22-18-14-10-6-2)66-88-92(81,82)86-62-67(74)61-85-91(79,80)87-65-68(89-72(77)59-55-51-47-43-38-28-24-20-16-12-8-4)63-83-70(75)57-53-49-45-41-37-27-23-19-15-11-7-3/h9,13,19-21,23-25,31-34,39,42,67-69,74H,5-8,10-12,14-18,22,26-30,35-38,40-41,43-66H2,1-4H3,(H,79,80)(H,81,82)/b13-9-,23-19-,24-20-,25-21-,33-31-,34-32-,42-39-. The third kappa shape index (κ3) is 64.9. The number of hydrogen-bond acceptors (Lipinski definition) is 15. The summed E-state index contributed by atoms with van der Waals surface area (Å²) in [6, 6.07) is 0. The second-order valence-corrected chi connectivity index (χ2v) is 26.7. The minimum Gasteiger partial charge on any atom is -0.462 e. The Hall–Kier alpha value is -3.76. The Morgan fingerprint density at radius 3 is 0.935 bits per heavy atom. The van der Waals surface area contributed by atoms with Gasteiger partial charge in [-0.05, 0) is 128 Å². The summed E-state index contributed by atoms with van der Waals surface area (Å²) in [4.78, 5) is 72.5. The molecule has 0 aromatic rings. The molecular formula is C73H128O17P2. The molecule has 0 fully saturated rings. The number of carbonyl (C=O) groups excluding carboxylic acids is 4. The largest absolute Gasteiger partial charge is 0.472 e. The number of esters is 4. The number of allylic oxidation sites excluding steroid dienone is 14. The molecule has 0 heterocycles. The summed E-state index contributed by atoms with van der Waals surface area (Å²) in [6.45, 7) is 4.59. The van der Waals surface area contributed by atoms with Gasteiger partial charge in [0.25, 0.3) is 0 Å². The van der Waals surface area contributed by atoms with E-state index in [-0.39, 0.29) is 25.7 Å². The van der Waals surface area contributed by atoms with Gasteiger partial charge in [0.2, 0.25) is 0 Å². The summed E-state index contributed by atoms with van der Waals surface area (Å²) in [5.74, 6) is -2.24. The fourth-order valence-corrected chi connectivity index (χ4v) is 10.9. The van der Waals surface area contributed by atoms with Crippen LogP contribution in [0.2, 0.25) is 0 Å². The van der Waals surface area contributed by atoms with Gasteiger partial charge in [-0.2, -0.15) is 0 Å². The third-order valence-corrected chi connectivity index (χ3v) is 16.7. The van der Waals surface area contributed by atoms with E-state index in [1.54, 1.807) is 0 Å². The molecule has 0 aromatic heterocycles. The van der Waals surface area contributed by atoms with E-state index in [9.17, 15) is 43.2 Å². The van der Waals surface area contributed by atoms with Crippen molar-refractivity contribution in [1.82, 2.24) is 0 Å². The number of rotatable bonds is 67. The van der Waals surface area contributed by atoms with Gasteiger partial charge < -0.3 is 33.8 Å². The van der Waals surface area contributed by atoms with Gasteiger partial charge in [0.15, 0.2) is 12.2 Å². The maximum absolute atomic E-state index is 13.0. The number of aliphatic hydroxyl groups excluding tert-OH is 1. The van der Waals surface area contributed by atoms with Crippen molar-refractivity contribution < 1.29 is 80.2 Å². The van der Waals surface area contributed by atoms with Crippen LogP contribution in [-0.2, 0) is 65.4 Å². The van der Waals surface area contributed by atoms with Crippen LogP contribution in [0.4, 0.5) is 0 Å². The monoisotopic (exact) mass is 1340 g/mol. The van der Waals surface area contributed by atoms with E-state index in [0.717, 1.165) is 154 Å². The Labute approximate surface area is 557 Å². The van der Waals surface area contributed by atoms with Gasteiger partial charge in [0.05, 0.1) is 26.4 Å². The van der Waals surface area contributed by atoms with Crippen LogP contribution >= 0.6 is 15.6 Å². The molecule has 0 aliphatic heterocycles. The first-order valence-corrected chi connectivity index (χ1v) is 38.8. The van der Waals surface area contributed by atoms with Crippen molar-refractivity contribution in [2.24, 2.45) is 0 Å². The maximum Gasteiger partial charge on any atom is 0.472 e. The SMILES string of the molecule is CC/C=C\C/C=C\C/C=C\C/C=C\CCCCC(=O)OCC(COP(=O)(O)OCC(O)COP(=O)(O)OCC(COC(=O)CCCCCCC/C=C\CCCC)OC(=O)CCCCCCC/C=C\CCCC)OC(=O)CCCCCCC/C=C\CCCCCCCC. The molecule has 0 saturated carbocycles. The zero-order valence-electron chi connectivity index (χ0n) is 57.7. The highest BCUT2D eigenvalue weighted by Gasteiger charge is 2.30. The van der Waals surface area contributed by atoms with Crippen molar-refractivity contribution in [3.05, 3.63) is 85.1 Å². The molecule has 532 valence electrons. The second-order valence-electron chi connectivity index (χ2n) is 23.8. The molecule has 5 atom stereocenters. The van der Waals surface area contributed by atoms with Crippen molar-refractivity contribution >= 4 is 39.5 Å². The number of phosphoric acid groups is 2. The maximum atomic E-state index is 13.0. The van der Waals surface area contributed by atoms with Crippen molar-refractivity contribution in [1.29, 1.82) is 0 Å². The van der Waals surface area contributed by atoms with E-state index in [1.165, 1.54) is 64.2 Å². The van der Waals surface area contributed by atoms with E-state index in [0.29, 0.717) is 25.7 Å². The molecule has 0 aliphatic rings. The first kappa shape index (κ1) is 88.2. The highest BCUT2D eigenvalue weighted by molar-refractivity contribution is 7.47. The van der Waals surface area contributed by atoms with E-state index in [4.69, 9.17) is 37.0 Å². The number of carbonyl (C=O) groups is 4. The van der Waals surface area contributed by atoms with Gasteiger partial charge in [0.1, 0.15) is 19.3 Å². The van der Waals surface area contributed by atoms with Crippen molar-refractivity contribution in [2.45, 2.75) is 316 Å². The molecule has 0 aromatic carbocycles. The molecule has 5 unspecified atom stereocenters. The molecule has 0 aliphatic carbocycles. The van der Waals surface area contributed by atoms with Crippen LogP contribution in [0, 0.1) is 0 Å². The fourth-order valence-electron chi connectivity index (χ4n) is 9.28. The molecule has 0 amide bonds. The van der Waals surface area contributed by atoms with Crippen LogP contribution in [0.1, 0.15) is 297 Å². The third-order valence-electron chi connectivity index (χ3n) is 14.8. The van der Waals surface area contributed by atoms with Gasteiger partial charge >= 0.3 is 39.5 Å². The number of phosphoric ester groups is 2. The molecule has 92 heavy (non-hydrogen) atoms. The van der Waals surface area contributed by atoms with Crippen LogP contribution in [0.3, 0.4) is 0 Å². The number of unbranched alkanes of at least 4 members (excludes halogenated alkanes) is 27. The van der Waals surface area contributed by atoms with E-state index < -0.39 is 97.5 Å². The summed E-state index contributed by atoms with van der Waals surface area (Å²) in [5.41, 5.74) is 0. The molecule has 0 rings (SSSR count). The predicted molar refractivity (Wildman–Crippen MR) is 372 cm³/mol. The summed E-state index contributed by atoms with van der Waals surface area (Å²) < 4.78 is 68.2. The number of hydrogen-bond donors (Lipinski definition) is 3. The quantitative estimate of drug-likeness (QED) is 0.0169. The van der Waals surface area contributed by atoms with Crippen LogP contribution in [0.15, 0.2) is 85.1 Å². The van der Waals surface area contributed by atoms with Crippen LogP contribution in [-0.4, -0.2) is 96.7 Å². The Balaban J connectivity index is 5.36. The Morgan fingerprint density at radius 1 is 0.315 bits per heavy atom. The average molecular weight is 1340 g/mol. The van der Waals surface area contributed by atoms with Crippen LogP contribution in [0.25, 0.3) is 0 Å². The second kappa shape index (κ2) is 65.9. The smallest absolute Gasteiger partial charge is 0.462 e. The van der Waals surface area contributed by atoms with Crippen LogP contribution in [0.5, 0.6) is 0 Å². The first-order valence-electron chi connectivity index (χ1n) is 35.8. The van der Waals surface area contributed by atoms with Crippen molar-refractivity contribution in [3.8, 4) is 0 Å². The molecule has 0 bridgehead atoms. The summed E-state index contributed by atoms with van der Waals surface area (Å²) in [5, 5.41) is 10.6. The van der Waals surface area contributed by atoms with Gasteiger partial charge in [0, 0.05) is 25.7 Å². The molecule has 19 heteroatoms. The van der Waals surface area contributed by atoms with Crippen LogP contribution < -0.4 is 0 Å². The topological polar surface area (TPSA) is 237 Å². The zero-order valence-corrected chi connectivity index (χ0v) is 59.5. The van der Waals surface area contributed by atoms with Gasteiger partial charge in [-0.15, -0.1) is 0 Å². The molecule has 0 spiro atoms. The lowest BCUT2D eigenvalue weighted by Gasteiger charge is -2.21. The fraction of sp³-hybridized carbons (Fsp3) is 0.753. The first-order chi connectivity index (χ1) is 44.7. The predicted octanol–water partition coefficient (Wildman–Crippen LogP) is 19.9. The Kier molecular flexibility index (Phi) is 63.2. The van der Waals surface area contributed by atoms with Crippen molar-refractivity contribution in [3.63, 3.8) is 0 Å². The van der Waals surface area contributed by atoms with E-state index in [1.807, 2.05) is 0 Å². The molecule has 17 nitrogen and oxygen atoms in total. The lowest BCUT2D eigenvalue weighted by atomic mass is 10.1. The Bertz CT molecular complexity index is 2090. The van der Waals surface area contributed by atoms with Gasteiger partial charge in [-0.25, -0.2) is 9.13 Å². The summed E-state index contributed by atoms with van der Waals surface area (Å²) in [6.07, 6.45) is 64.6. The highest BCUT2D eigenvalue weighted by atomic mass is 31.2.